The SMILES string of the molecule is C[C@H]1O[C@@H](Oc2cc(O)c3c(=O)cc(-c4ccc(O)cc4)oc3c2)[C@H](O)[C@@H](O)[C@@H]1O. The first-order valence-corrected chi connectivity index (χ1v) is 9.21. The third-order valence-corrected chi connectivity index (χ3v) is 5.00. The van der Waals surface area contributed by atoms with Crippen LogP contribution in [0.25, 0.3) is 22.3 Å². The van der Waals surface area contributed by atoms with Gasteiger partial charge in [-0.2, -0.15) is 0 Å². The molecule has 1 saturated heterocycles. The summed E-state index contributed by atoms with van der Waals surface area (Å²) in [5.74, 6) is -0.105. The van der Waals surface area contributed by atoms with E-state index in [1.807, 2.05) is 0 Å². The van der Waals surface area contributed by atoms with Crippen molar-refractivity contribution in [2.75, 3.05) is 0 Å². The average Bonchev–Trinajstić information content (AvgIpc) is 2.70. The Morgan fingerprint density at radius 2 is 1.63 bits per heavy atom. The van der Waals surface area contributed by atoms with Crippen molar-refractivity contribution in [1.29, 1.82) is 0 Å². The molecule has 2 aromatic carbocycles. The van der Waals surface area contributed by atoms with Gasteiger partial charge in [0, 0.05) is 23.8 Å². The van der Waals surface area contributed by atoms with Crippen LogP contribution in [0.3, 0.4) is 0 Å². The molecule has 5 N–H and O–H groups in total. The molecule has 9 nitrogen and oxygen atoms in total. The highest BCUT2D eigenvalue weighted by Crippen LogP contribution is 2.33. The molecule has 0 aliphatic carbocycles. The molecule has 1 aliphatic rings. The lowest BCUT2D eigenvalue weighted by molar-refractivity contribution is -0.268. The second-order valence-electron chi connectivity index (χ2n) is 7.14. The second kappa shape index (κ2) is 7.62. The number of ether oxygens (including phenoxy) is 2. The molecule has 2 heterocycles. The van der Waals surface area contributed by atoms with E-state index in [4.69, 9.17) is 13.9 Å². The van der Waals surface area contributed by atoms with E-state index in [0.717, 1.165) is 6.07 Å². The van der Waals surface area contributed by atoms with Crippen molar-refractivity contribution >= 4 is 11.0 Å². The molecule has 0 amide bonds. The maximum Gasteiger partial charge on any atom is 0.229 e. The number of fused-ring (bicyclic) bond motifs is 1. The van der Waals surface area contributed by atoms with Crippen LogP contribution in [-0.2, 0) is 4.74 Å². The number of aliphatic hydroxyl groups excluding tert-OH is 3. The Bertz CT molecular complexity index is 1120. The van der Waals surface area contributed by atoms with Crippen LogP contribution in [0.15, 0.2) is 51.7 Å². The van der Waals surface area contributed by atoms with Gasteiger partial charge in [-0.1, -0.05) is 0 Å². The van der Waals surface area contributed by atoms with Gasteiger partial charge in [0.1, 0.15) is 52.3 Å². The molecule has 0 radical (unpaired) electrons. The minimum Gasteiger partial charge on any atom is -0.508 e. The summed E-state index contributed by atoms with van der Waals surface area (Å²) >= 11 is 0. The molecule has 158 valence electrons. The molecule has 0 unspecified atom stereocenters. The lowest BCUT2D eigenvalue weighted by atomic mass is 10.00. The summed E-state index contributed by atoms with van der Waals surface area (Å²) in [6.07, 6.45) is -6.42. The summed E-state index contributed by atoms with van der Waals surface area (Å²) in [7, 11) is 0. The lowest BCUT2D eigenvalue weighted by Crippen LogP contribution is -2.58. The van der Waals surface area contributed by atoms with Gasteiger partial charge in [-0.15, -0.1) is 0 Å². The summed E-state index contributed by atoms with van der Waals surface area (Å²) < 4.78 is 16.7. The van der Waals surface area contributed by atoms with E-state index in [9.17, 15) is 30.3 Å². The molecule has 9 heteroatoms. The molecular weight excluding hydrogens is 396 g/mol. The first kappa shape index (κ1) is 20.2. The highest BCUT2D eigenvalue weighted by Gasteiger charge is 2.43. The molecule has 4 rings (SSSR count). The molecule has 0 spiro atoms. The van der Waals surface area contributed by atoms with E-state index < -0.39 is 41.9 Å². The highest BCUT2D eigenvalue weighted by molar-refractivity contribution is 5.86. The van der Waals surface area contributed by atoms with Crippen molar-refractivity contribution in [3.63, 3.8) is 0 Å². The van der Waals surface area contributed by atoms with E-state index >= 15 is 0 Å². The number of phenols is 2. The minimum absolute atomic E-state index is 0.0193. The Morgan fingerprint density at radius 1 is 0.933 bits per heavy atom. The van der Waals surface area contributed by atoms with Crippen LogP contribution in [-0.4, -0.2) is 56.2 Å². The fourth-order valence-electron chi connectivity index (χ4n) is 3.32. The predicted molar refractivity (Wildman–Crippen MR) is 104 cm³/mol. The van der Waals surface area contributed by atoms with Gasteiger partial charge in [0.05, 0.1) is 6.10 Å². The number of hydrogen-bond acceptors (Lipinski definition) is 9. The average molecular weight is 416 g/mol. The first-order valence-electron chi connectivity index (χ1n) is 9.21. The van der Waals surface area contributed by atoms with Crippen LogP contribution in [0.5, 0.6) is 17.2 Å². The Morgan fingerprint density at radius 3 is 2.33 bits per heavy atom. The van der Waals surface area contributed by atoms with Crippen molar-refractivity contribution in [3.05, 3.63) is 52.7 Å². The van der Waals surface area contributed by atoms with Crippen LogP contribution in [0.1, 0.15) is 6.92 Å². The number of aliphatic hydroxyl groups is 3. The van der Waals surface area contributed by atoms with Gasteiger partial charge in [0.2, 0.25) is 6.29 Å². The van der Waals surface area contributed by atoms with Crippen molar-refractivity contribution in [2.24, 2.45) is 0 Å². The van der Waals surface area contributed by atoms with Gasteiger partial charge >= 0.3 is 0 Å². The summed E-state index contributed by atoms with van der Waals surface area (Å²) in [6, 6.07) is 9.76. The van der Waals surface area contributed by atoms with E-state index in [-0.39, 0.29) is 28.2 Å². The van der Waals surface area contributed by atoms with E-state index in [2.05, 4.69) is 0 Å². The number of hydrogen-bond donors (Lipinski definition) is 5. The van der Waals surface area contributed by atoms with Crippen LogP contribution >= 0.6 is 0 Å². The predicted octanol–water partition coefficient (Wildman–Crippen LogP) is 1.08. The molecule has 30 heavy (non-hydrogen) atoms. The second-order valence-corrected chi connectivity index (χ2v) is 7.14. The number of benzene rings is 2. The molecule has 1 fully saturated rings. The van der Waals surface area contributed by atoms with E-state index in [1.54, 1.807) is 12.1 Å². The largest absolute Gasteiger partial charge is 0.508 e. The molecular formula is C21H20O9. The third-order valence-electron chi connectivity index (χ3n) is 5.00. The zero-order valence-electron chi connectivity index (χ0n) is 15.8. The number of aromatic hydroxyl groups is 2. The zero-order valence-corrected chi connectivity index (χ0v) is 15.8. The zero-order chi connectivity index (χ0) is 21.6. The monoisotopic (exact) mass is 416 g/mol. The topological polar surface area (TPSA) is 150 Å². The Balaban J connectivity index is 1.72. The standard InChI is InChI=1S/C21H20O9/c1-9-18(25)19(26)20(27)21(28-9)29-12-6-13(23)17-14(24)8-15(30-16(17)7-12)10-2-4-11(22)5-3-10/h2-9,18-23,25-27H,1H3/t9-,18-,19+,20-,21+/m1/s1. The maximum atomic E-state index is 12.5. The summed E-state index contributed by atoms with van der Waals surface area (Å²) in [5.41, 5.74) is 0.0820. The van der Waals surface area contributed by atoms with Crippen molar-refractivity contribution in [2.45, 2.75) is 37.6 Å². The lowest BCUT2D eigenvalue weighted by Gasteiger charge is -2.38. The smallest absolute Gasteiger partial charge is 0.229 e. The van der Waals surface area contributed by atoms with Gasteiger partial charge in [-0.05, 0) is 31.2 Å². The van der Waals surface area contributed by atoms with Gasteiger partial charge in [0.25, 0.3) is 0 Å². The van der Waals surface area contributed by atoms with Crippen molar-refractivity contribution in [1.82, 2.24) is 0 Å². The molecule has 0 bridgehead atoms. The molecule has 5 atom stereocenters. The van der Waals surface area contributed by atoms with Crippen LogP contribution in [0.2, 0.25) is 0 Å². The van der Waals surface area contributed by atoms with Crippen molar-refractivity contribution in [3.8, 4) is 28.6 Å². The quantitative estimate of drug-likeness (QED) is 0.423. The molecule has 1 aliphatic heterocycles. The van der Waals surface area contributed by atoms with E-state index in [1.165, 1.54) is 31.2 Å². The van der Waals surface area contributed by atoms with Crippen LogP contribution < -0.4 is 10.2 Å². The number of phenolic OH excluding ortho intramolecular Hbond substituents is 2. The Labute approximate surface area is 170 Å². The van der Waals surface area contributed by atoms with Crippen LogP contribution in [0.4, 0.5) is 0 Å². The summed E-state index contributed by atoms with van der Waals surface area (Å²) in [4.78, 5) is 12.5. The van der Waals surface area contributed by atoms with Gasteiger partial charge < -0.3 is 39.4 Å². The summed E-state index contributed by atoms with van der Waals surface area (Å²) in [6.45, 7) is 1.51. The molecule has 0 saturated carbocycles. The molecule has 3 aromatic rings. The highest BCUT2D eigenvalue weighted by atomic mass is 16.7. The van der Waals surface area contributed by atoms with Gasteiger partial charge in [-0.25, -0.2) is 0 Å². The normalized spacial score (nSPS) is 26.6. The first-order chi connectivity index (χ1) is 14.2. The number of rotatable bonds is 3. The van der Waals surface area contributed by atoms with Crippen LogP contribution in [0, 0.1) is 0 Å². The maximum absolute atomic E-state index is 12.5. The third kappa shape index (κ3) is 3.59. The van der Waals surface area contributed by atoms with Gasteiger partial charge in [-0.3, -0.25) is 4.79 Å². The minimum atomic E-state index is -1.54. The van der Waals surface area contributed by atoms with Gasteiger partial charge in [0.15, 0.2) is 5.43 Å². The molecule has 1 aromatic heterocycles. The fourth-order valence-corrected chi connectivity index (χ4v) is 3.32. The Kier molecular flexibility index (Phi) is 5.12. The summed E-state index contributed by atoms with van der Waals surface area (Å²) in [5, 5.41) is 49.5. The van der Waals surface area contributed by atoms with E-state index in [0.29, 0.717) is 5.56 Å². The fraction of sp³-hybridized carbons (Fsp3) is 0.286. The van der Waals surface area contributed by atoms with Crippen molar-refractivity contribution < 1.29 is 39.4 Å². The Hall–Kier alpha value is -3.11.